The van der Waals surface area contributed by atoms with Crippen molar-refractivity contribution in [1.82, 2.24) is 4.90 Å². The minimum atomic E-state index is -0.210. The molecule has 1 saturated carbocycles. The zero-order chi connectivity index (χ0) is 13.1. The summed E-state index contributed by atoms with van der Waals surface area (Å²) in [6.07, 6.45) is 3.66. The molecule has 2 aliphatic rings. The topological polar surface area (TPSA) is 55.8 Å². The summed E-state index contributed by atoms with van der Waals surface area (Å²) in [5, 5.41) is 0. The van der Waals surface area contributed by atoms with Gasteiger partial charge in [0.2, 0.25) is 11.8 Å². The molecule has 2 rings (SSSR count). The third-order valence-corrected chi connectivity index (χ3v) is 3.90. The van der Waals surface area contributed by atoms with Gasteiger partial charge in [-0.1, -0.05) is 6.92 Å². The number of carbonyl (C=O) groups excluding carboxylic acids is 2. The van der Waals surface area contributed by atoms with Crippen molar-refractivity contribution in [1.29, 1.82) is 0 Å². The van der Waals surface area contributed by atoms with E-state index in [9.17, 15) is 9.59 Å². The third-order valence-electron chi connectivity index (χ3n) is 3.90. The number of ether oxygens (including phenoxy) is 2. The SMILES string of the molecule is COC1CCC(C(=O)N2COCC(C)C2=O)CC1. The molecular formula is C13H21NO4. The van der Waals surface area contributed by atoms with Crippen molar-refractivity contribution < 1.29 is 19.1 Å². The van der Waals surface area contributed by atoms with Gasteiger partial charge >= 0.3 is 0 Å². The first-order valence-electron chi connectivity index (χ1n) is 6.59. The van der Waals surface area contributed by atoms with Crippen LogP contribution in [0.25, 0.3) is 0 Å². The lowest BCUT2D eigenvalue weighted by molar-refractivity contribution is -0.166. The minimum Gasteiger partial charge on any atom is -0.381 e. The van der Waals surface area contributed by atoms with Gasteiger partial charge in [0.25, 0.3) is 0 Å². The summed E-state index contributed by atoms with van der Waals surface area (Å²) < 4.78 is 10.6. The first kappa shape index (κ1) is 13.5. The van der Waals surface area contributed by atoms with Crippen LogP contribution in [0, 0.1) is 11.8 Å². The smallest absolute Gasteiger partial charge is 0.236 e. The Morgan fingerprint density at radius 2 is 2.00 bits per heavy atom. The van der Waals surface area contributed by atoms with Crippen molar-refractivity contribution in [2.75, 3.05) is 20.4 Å². The summed E-state index contributed by atoms with van der Waals surface area (Å²) >= 11 is 0. The Morgan fingerprint density at radius 3 is 2.61 bits per heavy atom. The number of nitrogens with zero attached hydrogens (tertiary/aromatic N) is 1. The first-order valence-corrected chi connectivity index (χ1v) is 6.59. The zero-order valence-corrected chi connectivity index (χ0v) is 11.1. The Bertz CT molecular complexity index is 323. The monoisotopic (exact) mass is 255 g/mol. The molecule has 2 amide bonds. The van der Waals surface area contributed by atoms with Crippen molar-refractivity contribution in [3.05, 3.63) is 0 Å². The Labute approximate surface area is 107 Å². The van der Waals surface area contributed by atoms with Crippen LogP contribution >= 0.6 is 0 Å². The first-order chi connectivity index (χ1) is 8.63. The summed E-state index contributed by atoms with van der Waals surface area (Å²) in [5.74, 6) is -0.423. The van der Waals surface area contributed by atoms with Gasteiger partial charge in [-0.25, -0.2) is 0 Å². The van der Waals surface area contributed by atoms with Crippen molar-refractivity contribution in [2.24, 2.45) is 11.8 Å². The highest BCUT2D eigenvalue weighted by Gasteiger charge is 2.36. The van der Waals surface area contributed by atoms with E-state index in [4.69, 9.17) is 9.47 Å². The quantitative estimate of drug-likeness (QED) is 0.695. The normalized spacial score (nSPS) is 33.6. The molecule has 1 aliphatic heterocycles. The lowest BCUT2D eigenvalue weighted by Gasteiger charge is -2.34. The molecule has 1 saturated heterocycles. The molecule has 0 aromatic heterocycles. The molecule has 102 valence electrons. The van der Waals surface area contributed by atoms with Gasteiger partial charge in [-0.2, -0.15) is 0 Å². The largest absolute Gasteiger partial charge is 0.381 e. The number of amides is 2. The van der Waals surface area contributed by atoms with E-state index in [1.54, 1.807) is 14.0 Å². The average Bonchev–Trinajstić information content (AvgIpc) is 2.41. The van der Waals surface area contributed by atoms with E-state index in [0.717, 1.165) is 25.7 Å². The van der Waals surface area contributed by atoms with Crippen LogP contribution in [0.3, 0.4) is 0 Å². The molecule has 18 heavy (non-hydrogen) atoms. The van der Waals surface area contributed by atoms with Gasteiger partial charge in [0.1, 0.15) is 6.73 Å². The third kappa shape index (κ3) is 2.72. The summed E-state index contributed by atoms with van der Waals surface area (Å²) in [4.78, 5) is 25.5. The molecule has 0 radical (unpaired) electrons. The molecule has 0 aromatic rings. The van der Waals surface area contributed by atoms with Gasteiger partial charge in [-0.05, 0) is 25.7 Å². The van der Waals surface area contributed by atoms with Crippen LogP contribution in [0.2, 0.25) is 0 Å². The highest BCUT2D eigenvalue weighted by Crippen LogP contribution is 2.28. The van der Waals surface area contributed by atoms with Crippen molar-refractivity contribution >= 4 is 11.8 Å². The van der Waals surface area contributed by atoms with Gasteiger partial charge in [-0.15, -0.1) is 0 Å². The fraction of sp³-hybridized carbons (Fsp3) is 0.846. The van der Waals surface area contributed by atoms with Crippen molar-refractivity contribution in [2.45, 2.75) is 38.7 Å². The number of rotatable bonds is 2. The summed E-state index contributed by atoms with van der Waals surface area (Å²) in [6.45, 7) is 2.33. The van der Waals surface area contributed by atoms with Gasteiger partial charge in [-0.3, -0.25) is 14.5 Å². The lowest BCUT2D eigenvalue weighted by atomic mass is 9.86. The lowest BCUT2D eigenvalue weighted by Crippen LogP contribution is -2.49. The molecule has 5 heteroatoms. The fourth-order valence-corrected chi connectivity index (χ4v) is 2.66. The minimum absolute atomic E-state index is 0.0470. The van der Waals surface area contributed by atoms with Crippen LogP contribution in [-0.4, -0.2) is 43.3 Å². The number of imide groups is 1. The van der Waals surface area contributed by atoms with Crippen LogP contribution in [-0.2, 0) is 19.1 Å². The van der Waals surface area contributed by atoms with Gasteiger partial charge in [0.15, 0.2) is 0 Å². The molecule has 0 aromatic carbocycles. The van der Waals surface area contributed by atoms with Gasteiger partial charge < -0.3 is 9.47 Å². The maximum atomic E-state index is 12.3. The average molecular weight is 255 g/mol. The molecule has 2 fully saturated rings. The number of carbonyl (C=O) groups is 2. The van der Waals surface area contributed by atoms with Crippen LogP contribution in [0.5, 0.6) is 0 Å². The summed E-state index contributed by atoms with van der Waals surface area (Å²) in [5.41, 5.74) is 0. The Kier molecular flexibility index (Phi) is 4.35. The fourth-order valence-electron chi connectivity index (χ4n) is 2.66. The Hall–Kier alpha value is -0.940. The van der Waals surface area contributed by atoms with Crippen molar-refractivity contribution in [3.63, 3.8) is 0 Å². The highest BCUT2D eigenvalue weighted by molar-refractivity contribution is 5.97. The zero-order valence-electron chi connectivity index (χ0n) is 11.1. The summed E-state index contributed by atoms with van der Waals surface area (Å²) in [7, 11) is 1.70. The standard InChI is InChI=1S/C13H21NO4/c1-9-7-18-8-14(12(9)15)13(16)10-3-5-11(17-2)6-4-10/h9-11H,3-8H2,1-2H3. The second-order valence-corrected chi connectivity index (χ2v) is 5.21. The van der Waals surface area contributed by atoms with Gasteiger partial charge in [0.05, 0.1) is 18.6 Å². The van der Waals surface area contributed by atoms with E-state index in [1.807, 2.05) is 0 Å². The molecule has 0 spiro atoms. The van der Waals surface area contributed by atoms with E-state index >= 15 is 0 Å². The molecule has 0 bridgehead atoms. The second kappa shape index (κ2) is 5.80. The maximum Gasteiger partial charge on any atom is 0.236 e. The molecule has 0 N–H and O–H groups in total. The van der Waals surface area contributed by atoms with E-state index in [1.165, 1.54) is 4.90 Å². The summed E-state index contributed by atoms with van der Waals surface area (Å²) in [6, 6.07) is 0. The van der Waals surface area contributed by atoms with Crippen LogP contribution in [0.1, 0.15) is 32.6 Å². The predicted molar refractivity (Wildman–Crippen MR) is 64.6 cm³/mol. The van der Waals surface area contributed by atoms with Gasteiger partial charge in [0, 0.05) is 13.0 Å². The molecule has 1 heterocycles. The molecule has 5 nitrogen and oxygen atoms in total. The Balaban J connectivity index is 1.93. The Morgan fingerprint density at radius 1 is 1.33 bits per heavy atom. The van der Waals surface area contributed by atoms with E-state index in [-0.39, 0.29) is 36.5 Å². The number of hydrogen-bond acceptors (Lipinski definition) is 4. The van der Waals surface area contributed by atoms with E-state index in [0.29, 0.717) is 6.61 Å². The van der Waals surface area contributed by atoms with Crippen LogP contribution in [0.4, 0.5) is 0 Å². The maximum absolute atomic E-state index is 12.3. The molecule has 1 aliphatic carbocycles. The van der Waals surface area contributed by atoms with Crippen molar-refractivity contribution in [3.8, 4) is 0 Å². The van der Waals surface area contributed by atoms with Crippen LogP contribution < -0.4 is 0 Å². The molecule has 1 atom stereocenters. The number of hydrogen-bond donors (Lipinski definition) is 0. The van der Waals surface area contributed by atoms with E-state index < -0.39 is 0 Å². The highest BCUT2D eigenvalue weighted by atomic mass is 16.5. The second-order valence-electron chi connectivity index (χ2n) is 5.21. The molecule has 1 unspecified atom stereocenters. The molecular weight excluding hydrogens is 234 g/mol. The van der Waals surface area contributed by atoms with Crippen LogP contribution in [0.15, 0.2) is 0 Å². The number of methoxy groups -OCH3 is 1. The predicted octanol–water partition coefficient (Wildman–Crippen LogP) is 1.17. The van der Waals surface area contributed by atoms with E-state index in [2.05, 4.69) is 0 Å².